The van der Waals surface area contributed by atoms with Crippen molar-refractivity contribution in [2.45, 2.75) is 12.3 Å². The van der Waals surface area contributed by atoms with E-state index in [1.54, 1.807) is 14.3 Å². The zero-order valence-corrected chi connectivity index (χ0v) is 19.2. The maximum Gasteiger partial charge on any atom is 0.295 e. The Bertz CT molecular complexity index is 1360. The third-order valence-electron chi connectivity index (χ3n) is 5.75. The van der Waals surface area contributed by atoms with Crippen LogP contribution in [0, 0.1) is 6.92 Å². The Balaban J connectivity index is 1.54. The van der Waals surface area contributed by atoms with Crippen molar-refractivity contribution in [3.8, 4) is 17.2 Å². The molecule has 0 aliphatic carbocycles. The van der Waals surface area contributed by atoms with E-state index in [0.29, 0.717) is 17.2 Å². The molecule has 3 aromatic carbocycles. The molecule has 0 saturated carbocycles. The molecule has 1 aliphatic rings. The van der Waals surface area contributed by atoms with E-state index < -0.39 is 0 Å². The Kier molecular flexibility index (Phi) is 5.56. The fraction of sp³-hybridized carbons (Fsp3) is 0.154. The molecular weight excluding hydrogens is 434 g/mol. The number of hydrogen-bond donors (Lipinski definition) is 0. The van der Waals surface area contributed by atoms with Gasteiger partial charge in [-0.2, -0.15) is 0 Å². The molecule has 0 spiro atoms. The van der Waals surface area contributed by atoms with Crippen molar-refractivity contribution < 1.29 is 9.53 Å². The first kappa shape index (κ1) is 21.2. The van der Waals surface area contributed by atoms with Gasteiger partial charge in [-0.25, -0.2) is 4.68 Å². The monoisotopic (exact) mass is 457 g/mol. The van der Waals surface area contributed by atoms with E-state index in [9.17, 15) is 9.59 Å². The Labute approximate surface area is 196 Å². The van der Waals surface area contributed by atoms with Crippen molar-refractivity contribution in [2.24, 2.45) is 7.05 Å². The number of para-hydroxylation sites is 2. The predicted octanol–water partition coefficient (Wildman–Crippen LogP) is 5.06. The van der Waals surface area contributed by atoms with Crippen LogP contribution >= 0.6 is 11.8 Å². The molecule has 166 valence electrons. The number of thioether (sulfide) groups is 1. The molecule has 1 aliphatic heterocycles. The quantitative estimate of drug-likeness (QED) is 0.421. The lowest BCUT2D eigenvalue weighted by Crippen LogP contribution is -2.33. The van der Waals surface area contributed by atoms with E-state index in [2.05, 4.69) is 0 Å². The van der Waals surface area contributed by atoms with Crippen LogP contribution in [0.5, 0.6) is 11.5 Å². The Morgan fingerprint density at radius 2 is 1.55 bits per heavy atom. The number of carbonyl (C=O) groups excluding carboxylic acids is 1. The molecule has 1 fully saturated rings. The maximum atomic E-state index is 13.5. The highest BCUT2D eigenvalue weighted by Crippen LogP contribution is 2.42. The van der Waals surface area contributed by atoms with E-state index in [0.717, 1.165) is 22.7 Å². The van der Waals surface area contributed by atoms with Crippen molar-refractivity contribution in [2.75, 3.05) is 10.7 Å². The Morgan fingerprint density at radius 3 is 2.27 bits per heavy atom. The standard InChI is InChI=1S/C26H23N3O3S/c1-18-24(25(31)29(27(18)2)20-11-5-3-6-12-20)28-23(30)17-33-26(28)19-10-9-15-22(16-19)32-21-13-7-4-8-14-21/h3-16,26H,17H2,1-2H3/t26-/m0/s1. The van der Waals surface area contributed by atoms with Gasteiger partial charge in [-0.15, -0.1) is 11.8 Å². The molecule has 5 rings (SSSR count). The van der Waals surface area contributed by atoms with E-state index in [-0.39, 0.29) is 16.8 Å². The molecule has 0 radical (unpaired) electrons. The van der Waals surface area contributed by atoms with Gasteiger partial charge in [0.15, 0.2) is 0 Å². The molecule has 7 heteroatoms. The SMILES string of the molecule is Cc1c(N2C(=O)CS[C@H]2c2cccc(Oc3ccccc3)c2)c(=O)n(-c2ccccc2)n1C. The number of aromatic nitrogens is 2. The average Bonchev–Trinajstić information content (AvgIpc) is 3.31. The molecule has 1 aromatic heterocycles. The number of carbonyl (C=O) groups is 1. The highest BCUT2D eigenvalue weighted by atomic mass is 32.2. The summed E-state index contributed by atoms with van der Waals surface area (Å²) in [5, 5.41) is -0.310. The number of hydrogen-bond acceptors (Lipinski definition) is 4. The molecule has 1 saturated heterocycles. The van der Waals surface area contributed by atoms with Gasteiger partial charge in [0.2, 0.25) is 5.91 Å². The second-order valence-electron chi connectivity index (χ2n) is 7.82. The van der Waals surface area contributed by atoms with Crippen molar-refractivity contribution in [3.63, 3.8) is 0 Å². The van der Waals surface area contributed by atoms with Gasteiger partial charge in [0.1, 0.15) is 22.6 Å². The zero-order chi connectivity index (χ0) is 22.9. The van der Waals surface area contributed by atoms with Crippen molar-refractivity contribution >= 4 is 23.4 Å². The van der Waals surface area contributed by atoms with Gasteiger partial charge in [0.05, 0.1) is 17.1 Å². The molecule has 0 unspecified atom stereocenters. The molecule has 0 bridgehead atoms. The summed E-state index contributed by atoms with van der Waals surface area (Å²) in [5.41, 5.74) is 2.61. The first-order valence-corrected chi connectivity index (χ1v) is 11.7. The smallest absolute Gasteiger partial charge is 0.295 e. The van der Waals surface area contributed by atoms with Gasteiger partial charge < -0.3 is 4.74 Å². The minimum atomic E-state index is -0.310. The van der Waals surface area contributed by atoms with Gasteiger partial charge in [-0.05, 0) is 48.9 Å². The van der Waals surface area contributed by atoms with Crippen LogP contribution < -0.4 is 15.2 Å². The van der Waals surface area contributed by atoms with Crippen LogP contribution in [0.3, 0.4) is 0 Å². The van der Waals surface area contributed by atoms with Crippen molar-refractivity contribution in [1.29, 1.82) is 0 Å². The maximum absolute atomic E-state index is 13.5. The molecule has 1 atom stereocenters. The summed E-state index contributed by atoms with van der Waals surface area (Å²) in [6.45, 7) is 1.87. The molecule has 6 nitrogen and oxygen atoms in total. The summed E-state index contributed by atoms with van der Waals surface area (Å²) in [7, 11) is 1.84. The minimum absolute atomic E-state index is 0.0783. The first-order valence-electron chi connectivity index (χ1n) is 10.6. The zero-order valence-electron chi connectivity index (χ0n) is 18.3. The number of amides is 1. The highest BCUT2D eigenvalue weighted by Gasteiger charge is 2.38. The van der Waals surface area contributed by atoms with Crippen molar-refractivity contribution in [3.05, 3.63) is 107 Å². The molecule has 0 N–H and O–H groups in total. The predicted molar refractivity (Wildman–Crippen MR) is 131 cm³/mol. The van der Waals surface area contributed by atoms with Gasteiger partial charge in [0.25, 0.3) is 5.56 Å². The minimum Gasteiger partial charge on any atom is -0.457 e. The van der Waals surface area contributed by atoms with Crippen LogP contribution in [-0.2, 0) is 11.8 Å². The third kappa shape index (κ3) is 3.85. The van der Waals surface area contributed by atoms with E-state index >= 15 is 0 Å². The van der Waals surface area contributed by atoms with Crippen LogP contribution in [0.25, 0.3) is 5.69 Å². The average molecular weight is 458 g/mol. The normalized spacial score (nSPS) is 15.8. The molecule has 1 amide bonds. The van der Waals surface area contributed by atoms with Crippen LogP contribution in [-0.4, -0.2) is 21.0 Å². The van der Waals surface area contributed by atoms with E-state index in [4.69, 9.17) is 4.74 Å². The summed E-state index contributed by atoms with van der Waals surface area (Å²) in [4.78, 5) is 28.2. The van der Waals surface area contributed by atoms with Crippen LogP contribution in [0.1, 0.15) is 16.6 Å². The molecule has 4 aromatic rings. The summed E-state index contributed by atoms with van der Waals surface area (Å²) in [6.07, 6.45) is 0. The Hall–Kier alpha value is -3.71. The van der Waals surface area contributed by atoms with Crippen LogP contribution in [0.15, 0.2) is 89.7 Å². The molecular formula is C26H23N3O3S. The van der Waals surface area contributed by atoms with Crippen molar-refractivity contribution in [1.82, 2.24) is 9.36 Å². The summed E-state index contributed by atoms with van der Waals surface area (Å²) < 4.78 is 9.40. The fourth-order valence-corrected chi connectivity index (χ4v) is 5.25. The number of anilines is 1. The number of ether oxygens (including phenoxy) is 1. The summed E-state index contributed by atoms with van der Waals surface area (Å²) in [6, 6.07) is 26.7. The first-order chi connectivity index (χ1) is 16.0. The lowest BCUT2D eigenvalue weighted by atomic mass is 10.2. The second kappa shape index (κ2) is 8.67. The number of rotatable bonds is 5. The van der Waals surface area contributed by atoms with Gasteiger partial charge in [-0.1, -0.05) is 48.5 Å². The largest absolute Gasteiger partial charge is 0.457 e. The van der Waals surface area contributed by atoms with Crippen LogP contribution in [0.2, 0.25) is 0 Å². The number of nitrogens with zero attached hydrogens (tertiary/aromatic N) is 3. The molecule has 33 heavy (non-hydrogen) atoms. The topological polar surface area (TPSA) is 56.5 Å². The summed E-state index contributed by atoms with van der Waals surface area (Å²) >= 11 is 1.51. The lowest BCUT2D eigenvalue weighted by Gasteiger charge is -2.23. The Morgan fingerprint density at radius 1 is 0.879 bits per heavy atom. The lowest BCUT2D eigenvalue weighted by molar-refractivity contribution is -0.115. The fourth-order valence-electron chi connectivity index (χ4n) is 4.10. The number of benzene rings is 3. The van der Waals surface area contributed by atoms with Gasteiger partial charge >= 0.3 is 0 Å². The van der Waals surface area contributed by atoms with Crippen LogP contribution in [0.4, 0.5) is 5.69 Å². The van der Waals surface area contributed by atoms with E-state index in [1.807, 2.05) is 98.9 Å². The van der Waals surface area contributed by atoms with E-state index in [1.165, 1.54) is 11.8 Å². The summed E-state index contributed by atoms with van der Waals surface area (Å²) in [5.74, 6) is 1.66. The highest BCUT2D eigenvalue weighted by molar-refractivity contribution is 8.00. The van der Waals surface area contributed by atoms with Gasteiger partial charge in [-0.3, -0.25) is 19.2 Å². The van der Waals surface area contributed by atoms with Gasteiger partial charge in [0, 0.05) is 7.05 Å². The molecule has 2 heterocycles. The third-order valence-corrected chi connectivity index (χ3v) is 6.97. The second-order valence-corrected chi connectivity index (χ2v) is 8.89.